The molecule has 0 heterocycles. The molecule has 0 aromatic heterocycles. The number of halogens is 1. The Hall–Kier alpha value is -2.14. The minimum absolute atomic E-state index is 0.131. The third-order valence-electron chi connectivity index (χ3n) is 3.30. The van der Waals surface area contributed by atoms with Gasteiger partial charge in [-0.2, -0.15) is 0 Å². The Balaban J connectivity index is 1.75. The molecule has 4 nitrogen and oxygen atoms in total. The van der Waals surface area contributed by atoms with Crippen LogP contribution in [0.4, 0.5) is 0 Å². The normalized spacial score (nSPS) is 11.6. The van der Waals surface area contributed by atoms with Gasteiger partial charge in [0.25, 0.3) is 5.91 Å². The molecule has 2 aromatic carbocycles. The lowest BCUT2D eigenvalue weighted by molar-refractivity contribution is -0.148. The SMILES string of the molecule is C[C@H](NC(=O)COC(=O)Cc1ccc(Br)cc1)c1ccccc1. The molecule has 0 fully saturated rings. The van der Waals surface area contributed by atoms with Crippen molar-refractivity contribution in [3.63, 3.8) is 0 Å². The van der Waals surface area contributed by atoms with Crippen LogP contribution in [-0.2, 0) is 20.7 Å². The summed E-state index contributed by atoms with van der Waals surface area (Å²) in [6.07, 6.45) is 0.148. The fourth-order valence-corrected chi connectivity index (χ4v) is 2.34. The predicted octanol–water partition coefficient (Wildman–Crippen LogP) is 3.41. The summed E-state index contributed by atoms with van der Waals surface area (Å²) in [7, 11) is 0. The average Bonchev–Trinajstić information content (AvgIpc) is 2.56. The highest BCUT2D eigenvalue weighted by Crippen LogP contribution is 2.12. The third kappa shape index (κ3) is 5.87. The number of amides is 1. The van der Waals surface area contributed by atoms with E-state index in [1.165, 1.54) is 0 Å². The topological polar surface area (TPSA) is 55.4 Å². The lowest BCUT2D eigenvalue weighted by Gasteiger charge is -2.14. The van der Waals surface area contributed by atoms with Gasteiger partial charge in [0.15, 0.2) is 6.61 Å². The first-order chi connectivity index (χ1) is 11.0. The molecule has 1 atom stereocenters. The molecule has 0 unspecified atom stereocenters. The van der Waals surface area contributed by atoms with Crippen LogP contribution in [0.2, 0.25) is 0 Å². The summed E-state index contributed by atoms with van der Waals surface area (Å²) in [5.41, 5.74) is 1.85. The van der Waals surface area contributed by atoms with Crippen LogP contribution in [0.1, 0.15) is 24.1 Å². The van der Waals surface area contributed by atoms with E-state index < -0.39 is 5.97 Å². The lowest BCUT2D eigenvalue weighted by Crippen LogP contribution is -2.31. The molecule has 0 saturated carbocycles. The first-order valence-corrected chi connectivity index (χ1v) is 8.08. The van der Waals surface area contributed by atoms with Crippen molar-refractivity contribution in [1.82, 2.24) is 5.32 Å². The molecular formula is C18H18BrNO3. The average molecular weight is 376 g/mol. The van der Waals surface area contributed by atoms with Crippen molar-refractivity contribution in [2.45, 2.75) is 19.4 Å². The van der Waals surface area contributed by atoms with Gasteiger partial charge in [-0.3, -0.25) is 9.59 Å². The highest BCUT2D eigenvalue weighted by atomic mass is 79.9. The van der Waals surface area contributed by atoms with E-state index in [-0.39, 0.29) is 25.0 Å². The van der Waals surface area contributed by atoms with Crippen molar-refractivity contribution in [2.24, 2.45) is 0 Å². The minimum Gasteiger partial charge on any atom is -0.455 e. The van der Waals surface area contributed by atoms with Crippen molar-refractivity contribution in [3.8, 4) is 0 Å². The Bertz CT molecular complexity index is 656. The monoisotopic (exact) mass is 375 g/mol. The van der Waals surface area contributed by atoms with Crippen LogP contribution >= 0.6 is 15.9 Å². The summed E-state index contributed by atoms with van der Waals surface area (Å²) < 4.78 is 5.96. The number of carbonyl (C=O) groups is 2. The molecule has 5 heteroatoms. The summed E-state index contributed by atoms with van der Waals surface area (Å²) in [5, 5.41) is 2.80. The van der Waals surface area contributed by atoms with Gasteiger partial charge in [0, 0.05) is 4.47 Å². The van der Waals surface area contributed by atoms with Crippen LogP contribution < -0.4 is 5.32 Å². The second-order valence-corrected chi connectivity index (χ2v) is 6.08. The number of nitrogens with one attached hydrogen (secondary N) is 1. The van der Waals surface area contributed by atoms with Crippen LogP contribution in [0, 0.1) is 0 Å². The Morgan fingerprint density at radius 1 is 1.09 bits per heavy atom. The van der Waals surface area contributed by atoms with E-state index >= 15 is 0 Å². The molecule has 0 aliphatic rings. The van der Waals surface area contributed by atoms with Crippen LogP contribution in [0.3, 0.4) is 0 Å². The molecule has 1 amide bonds. The molecule has 23 heavy (non-hydrogen) atoms. The molecule has 0 bridgehead atoms. The minimum atomic E-state index is -0.421. The Morgan fingerprint density at radius 3 is 2.39 bits per heavy atom. The fourth-order valence-electron chi connectivity index (χ4n) is 2.07. The van der Waals surface area contributed by atoms with Gasteiger partial charge < -0.3 is 10.1 Å². The van der Waals surface area contributed by atoms with E-state index in [9.17, 15) is 9.59 Å². The fraction of sp³-hybridized carbons (Fsp3) is 0.222. The molecule has 0 aliphatic heterocycles. The van der Waals surface area contributed by atoms with E-state index in [1.807, 2.05) is 61.5 Å². The predicted molar refractivity (Wildman–Crippen MR) is 91.8 cm³/mol. The van der Waals surface area contributed by atoms with Crippen molar-refractivity contribution >= 4 is 27.8 Å². The second-order valence-electron chi connectivity index (χ2n) is 5.16. The summed E-state index contributed by atoms with van der Waals surface area (Å²) in [4.78, 5) is 23.6. The van der Waals surface area contributed by atoms with Crippen molar-refractivity contribution in [1.29, 1.82) is 0 Å². The van der Waals surface area contributed by atoms with Gasteiger partial charge in [-0.25, -0.2) is 0 Å². The largest absolute Gasteiger partial charge is 0.455 e. The van der Waals surface area contributed by atoms with Gasteiger partial charge in [-0.15, -0.1) is 0 Å². The molecular weight excluding hydrogens is 358 g/mol. The first kappa shape index (κ1) is 17.2. The highest BCUT2D eigenvalue weighted by molar-refractivity contribution is 9.10. The number of rotatable bonds is 6. The smallest absolute Gasteiger partial charge is 0.310 e. The van der Waals surface area contributed by atoms with Crippen LogP contribution in [0.15, 0.2) is 59.1 Å². The maximum atomic E-state index is 11.8. The van der Waals surface area contributed by atoms with Crippen LogP contribution in [0.5, 0.6) is 0 Å². The molecule has 120 valence electrons. The summed E-state index contributed by atoms with van der Waals surface area (Å²) in [6, 6.07) is 16.9. The Morgan fingerprint density at radius 2 is 1.74 bits per heavy atom. The number of esters is 1. The van der Waals surface area contributed by atoms with E-state index in [0.717, 1.165) is 15.6 Å². The zero-order chi connectivity index (χ0) is 16.7. The van der Waals surface area contributed by atoms with Gasteiger partial charge in [0.05, 0.1) is 12.5 Å². The number of hydrogen-bond donors (Lipinski definition) is 1. The van der Waals surface area contributed by atoms with Crippen molar-refractivity contribution in [2.75, 3.05) is 6.61 Å². The molecule has 0 spiro atoms. The van der Waals surface area contributed by atoms with E-state index in [1.54, 1.807) is 0 Å². The quantitative estimate of drug-likeness (QED) is 0.787. The second kappa shape index (κ2) is 8.48. The van der Waals surface area contributed by atoms with Crippen LogP contribution in [-0.4, -0.2) is 18.5 Å². The zero-order valence-electron chi connectivity index (χ0n) is 12.8. The molecule has 0 aliphatic carbocycles. The van der Waals surface area contributed by atoms with Crippen LogP contribution in [0.25, 0.3) is 0 Å². The molecule has 0 radical (unpaired) electrons. The van der Waals surface area contributed by atoms with Gasteiger partial charge in [0.1, 0.15) is 0 Å². The zero-order valence-corrected chi connectivity index (χ0v) is 14.4. The lowest BCUT2D eigenvalue weighted by atomic mass is 10.1. The standard InChI is InChI=1S/C18H18BrNO3/c1-13(15-5-3-2-4-6-15)20-17(21)12-23-18(22)11-14-7-9-16(19)10-8-14/h2-10,13H,11-12H2,1H3,(H,20,21)/t13-/m0/s1. The van der Waals surface area contributed by atoms with Gasteiger partial charge in [-0.05, 0) is 30.2 Å². The highest BCUT2D eigenvalue weighted by Gasteiger charge is 2.12. The molecule has 0 saturated heterocycles. The van der Waals surface area contributed by atoms with E-state index in [0.29, 0.717) is 0 Å². The summed E-state index contributed by atoms with van der Waals surface area (Å²) in [6.45, 7) is 1.61. The van der Waals surface area contributed by atoms with Gasteiger partial charge in [0.2, 0.25) is 0 Å². The van der Waals surface area contributed by atoms with Crippen molar-refractivity contribution in [3.05, 3.63) is 70.2 Å². The van der Waals surface area contributed by atoms with Gasteiger partial charge in [-0.1, -0.05) is 58.4 Å². The van der Waals surface area contributed by atoms with E-state index in [2.05, 4.69) is 21.2 Å². The summed E-state index contributed by atoms with van der Waals surface area (Å²) >= 11 is 3.33. The molecule has 2 rings (SSSR count). The van der Waals surface area contributed by atoms with Crippen molar-refractivity contribution < 1.29 is 14.3 Å². The maximum absolute atomic E-state index is 11.8. The number of benzene rings is 2. The Labute approximate surface area is 144 Å². The maximum Gasteiger partial charge on any atom is 0.310 e. The Kier molecular flexibility index (Phi) is 6.35. The number of carbonyl (C=O) groups excluding carboxylic acids is 2. The van der Waals surface area contributed by atoms with E-state index in [4.69, 9.17) is 4.74 Å². The summed E-state index contributed by atoms with van der Waals surface area (Å²) in [5.74, 6) is -0.736. The third-order valence-corrected chi connectivity index (χ3v) is 3.83. The number of ether oxygens (including phenoxy) is 1. The number of hydrogen-bond acceptors (Lipinski definition) is 3. The first-order valence-electron chi connectivity index (χ1n) is 7.29. The molecule has 2 aromatic rings. The molecule has 1 N–H and O–H groups in total. The van der Waals surface area contributed by atoms with Gasteiger partial charge >= 0.3 is 5.97 Å².